The van der Waals surface area contributed by atoms with Crippen LogP contribution in [0.4, 0.5) is 0 Å². The van der Waals surface area contributed by atoms with Gasteiger partial charge in [0.2, 0.25) is 11.7 Å². The van der Waals surface area contributed by atoms with E-state index < -0.39 is 5.41 Å². The quantitative estimate of drug-likeness (QED) is 0.539. The second-order valence-electron chi connectivity index (χ2n) is 10.0. The molecule has 8 nitrogen and oxygen atoms in total. The minimum atomic E-state index is -0.521. The van der Waals surface area contributed by atoms with Gasteiger partial charge in [0.1, 0.15) is 5.75 Å². The number of hydrogen-bond acceptors (Lipinski definition) is 6. The van der Waals surface area contributed by atoms with E-state index in [9.17, 15) is 9.59 Å². The lowest BCUT2D eigenvalue weighted by molar-refractivity contribution is -0.139. The first kappa shape index (κ1) is 25.5. The summed E-state index contributed by atoms with van der Waals surface area (Å²) in [6, 6.07) is 8.96. The number of ether oxygens (including phenoxy) is 2. The second-order valence-corrected chi connectivity index (χ2v) is 10.5. The Morgan fingerprint density at radius 3 is 2.71 bits per heavy atom. The molecule has 0 spiro atoms. The summed E-state index contributed by atoms with van der Waals surface area (Å²) in [5.41, 5.74) is 0.255. The van der Waals surface area contributed by atoms with Gasteiger partial charge in [-0.15, -0.1) is 0 Å². The molecule has 1 aromatic heterocycles. The number of nitrogens with zero attached hydrogens (tertiary/aromatic N) is 3. The lowest BCUT2D eigenvalue weighted by Gasteiger charge is -2.43. The van der Waals surface area contributed by atoms with Crippen LogP contribution in [-0.2, 0) is 16.0 Å². The Balaban J connectivity index is 1.51. The van der Waals surface area contributed by atoms with E-state index >= 15 is 0 Å². The molecule has 2 aromatic rings. The summed E-state index contributed by atoms with van der Waals surface area (Å²) in [5, 5.41) is 4.66. The summed E-state index contributed by atoms with van der Waals surface area (Å²) < 4.78 is 16.9. The van der Waals surface area contributed by atoms with E-state index in [4.69, 9.17) is 25.6 Å². The summed E-state index contributed by atoms with van der Waals surface area (Å²) in [5.74, 6) is 1.18. The average Bonchev–Trinajstić information content (AvgIpc) is 3.31. The summed E-state index contributed by atoms with van der Waals surface area (Å²) in [6.45, 7) is 7.78. The van der Waals surface area contributed by atoms with Crippen molar-refractivity contribution in [3.05, 3.63) is 46.8 Å². The van der Waals surface area contributed by atoms with Crippen molar-refractivity contribution < 1.29 is 23.6 Å². The van der Waals surface area contributed by atoms with Crippen molar-refractivity contribution in [2.45, 2.75) is 39.5 Å². The van der Waals surface area contributed by atoms with Gasteiger partial charge in [0, 0.05) is 49.1 Å². The molecule has 2 saturated heterocycles. The molecule has 2 amide bonds. The van der Waals surface area contributed by atoms with Gasteiger partial charge in [0.25, 0.3) is 5.91 Å². The maximum atomic E-state index is 13.3. The van der Waals surface area contributed by atoms with E-state index in [-0.39, 0.29) is 17.6 Å². The zero-order valence-electron chi connectivity index (χ0n) is 20.5. The van der Waals surface area contributed by atoms with Crippen molar-refractivity contribution in [2.24, 2.45) is 11.3 Å². The molecule has 0 bridgehead atoms. The highest BCUT2D eigenvalue weighted by atomic mass is 35.5. The van der Waals surface area contributed by atoms with Gasteiger partial charge in [-0.05, 0) is 43.4 Å². The maximum absolute atomic E-state index is 13.3. The predicted octanol–water partition coefficient (Wildman–Crippen LogP) is 4.08. The summed E-state index contributed by atoms with van der Waals surface area (Å²) in [6.07, 6.45) is 2.60. The van der Waals surface area contributed by atoms with Gasteiger partial charge in [0.05, 0.1) is 25.5 Å². The van der Waals surface area contributed by atoms with Crippen LogP contribution in [0.25, 0.3) is 0 Å². The number of likely N-dealkylation sites (tertiary alicyclic amines) is 1. The molecule has 0 N–H and O–H groups in total. The van der Waals surface area contributed by atoms with Crippen LogP contribution in [0, 0.1) is 11.3 Å². The number of amides is 2. The number of halogens is 1. The van der Waals surface area contributed by atoms with E-state index in [0.717, 1.165) is 25.0 Å². The molecule has 1 unspecified atom stereocenters. The average molecular weight is 504 g/mol. The Hall–Kier alpha value is -2.58. The highest BCUT2D eigenvalue weighted by Crippen LogP contribution is 2.36. The first-order valence-electron chi connectivity index (χ1n) is 12.3. The fraction of sp³-hybridized carbons (Fsp3) is 0.577. The van der Waals surface area contributed by atoms with E-state index in [0.29, 0.717) is 69.1 Å². The van der Waals surface area contributed by atoms with Crippen LogP contribution in [0.5, 0.6) is 5.75 Å². The van der Waals surface area contributed by atoms with Crippen LogP contribution in [0.1, 0.15) is 49.4 Å². The second kappa shape index (κ2) is 11.4. The number of carbonyl (C=O) groups is 2. The number of piperidine rings is 1. The molecular formula is C26H34ClN3O5. The summed E-state index contributed by atoms with van der Waals surface area (Å²) in [4.78, 5) is 30.2. The first-order chi connectivity index (χ1) is 16.8. The Bertz CT molecular complexity index is 1020. The third-order valence-electron chi connectivity index (χ3n) is 6.57. The van der Waals surface area contributed by atoms with E-state index in [2.05, 4.69) is 19.0 Å². The van der Waals surface area contributed by atoms with Crippen LogP contribution in [0.3, 0.4) is 0 Å². The van der Waals surface area contributed by atoms with Gasteiger partial charge in [-0.2, -0.15) is 0 Å². The van der Waals surface area contributed by atoms with Crippen molar-refractivity contribution in [3.63, 3.8) is 0 Å². The molecule has 1 atom stereocenters. The van der Waals surface area contributed by atoms with Crippen molar-refractivity contribution in [1.29, 1.82) is 0 Å². The van der Waals surface area contributed by atoms with E-state index in [1.165, 1.54) is 0 Å². The van der Waals surface area contributed by atoms with Crippen molar-refractivity contribution in [3.8, 4) is 5.75 Å². The minimum absolute atomic E-state index is 0.0659. The normalized spacial score (nSPS) is 20.8. The van der Waals surface area contributed by atoms with Gasteiger partial charge in [-0.3, -0.25) is 9.59 Å². The Labute approximate surface area is 211 Å². The molecule has 0 saturated carbocycles. The fourth-order valence-electron chi connectivity index (χ4n) is 4.82. The van der Waals surface area contributed by atoms with Crippen molar-refractivity contribution >= 4 is 23.4 Å². The van der Waals surface area contributed by atoms with E-state index in [1.54, 1.807) is 23.1 Å². The largest absolute Gasteiger partial charge is 0.493 e. The van der Waals surface area contributed by atoms with Crippen LogP contribution < -0.4 is 4.74 Å². The zero-order valence-corrected chi connectivity index (χ0v) is 21.3. The molecule has 2 aliphatic heterocycles. The SMILES string of the molecule is CC(C)Cc1cc(C(=O)N2CCCC(COc3cccc(Cl)c3)(CC(=O)N3CCOCC3)C2)on1. The lowest BCUT2D eigenvalue weighted by Crippen LogP contribution is -2.52. The molecule has 0 radical (unpaired) electrons. The van der Waals surface area contributed by atoms with E-state index in [1.807, 2.05) is 17.0 Å². The van der Waals surface area contributed by atoms with Crippen LogP contribution in [0.2, 0.25) is 5.02 Å². The predicted molar refractivity (Wildman–Crippen MR) is 132 cm³/mol. The molecule has 2 fully saturated rings. The van der Waals surface area contributed by atoms with Crippen molar-refractivity contribution in [2.75, 3.05) is 46.0 Å². The molecule has 4 rings (SSSR count). The number of morpholine rings is 1. The number of aromatic nitrogens is 1. The monoisotopic (exact) mass is 503 g/mol. The highest BCUT2D eigenvalue weighted by molar-refractivity contribution is 6.30. The minimum Gasteiger partial charge on any atom is -0.493 e. The highest BCUT2D eigenvalue weighted by Gasteiger charge is 2.41. The van der Waals surface area contributed by atoms with Crippen LogP contribution >= 0.6 is 11.6 Å². The van der Waals surface area contributed by atoms with Gasteiger partial charge in [-0.25, -0.2) is 0 Å². The summed E-state index contributed by atoms with van der Waals surface area (Å²) in [7, 11) is 0. The van der Waals surface area contributed by atoms with Gasteiger partial charge in [-0.1, -0.05) is 36.7 Å². The van der Waals surface area contributed by atoms with Gasteiger partial charge < -0.3 is 23.8 Å². The molecule has 35 heavy (non-hydrogen) atoms. The topological polar surface area (TPSA) is 85.1 Å². The smallest absolute Gasteiger partial charge is 0.292 e. The molecule has 0 aliphatic carbocycles. The summed E-state index contributed by atoms with van der Waals surface area (Å²) >= 11 is 6.13. The molecule has 190 valence electrons. The molecule has 3 heterocycles. The van der Waals surface area contributed by atoms with Gasteiger partial charge >= 0.3 is 0 Å². The molecular weight excluding hydrogens is 470 g/mol. The van der Waals surface area contributed by atoms with Gasteiger partial charge in [0.15, 0.2) is 0 Å². The molecule has 1 aromatic carbocycles. The van der Waals surface area contributed by atoms with Crippen LogP contribution in [-0.4, -0.2) is 72.8 Å². The van der Waals surface area contributed by atoms with Crippen molar-refractivity contribution in [1.82, 2.24) is 15.0 Å². The fourth-order valence-corrected chi connectivity index (χ4v) is 5.00. The number of carbonyl (C=O) groups excluding carboxylic acids is 2. The third-order valence-corrected chi connectivity index (χ3v) is 6.80. The number of rotatable bonds is 8. The lowest BCUT2D eigenvalue weighted by atomic mass is 9.77. The van der Waals surface area contributed by atoms with Crippen LogP contribution in [0.15, 0.2) is 34.9 Å². The standard InChI is InChI=1S/C26H34ClN3O5/c1-19(2)13-21-15-23(35-28-21)25(32)30-8-4-7-26(17-30,16-24(31)29-9-11-33-12-10-29)18-34-22-6-3-5-20(27)14-22/h3,5-6,14-15,19H,4,7-13,16-18H2,1-2H3. The third kappa shape index (κ3) is 6.76. The number of hydrogen-bond donors (Lipinski definition) is 0. The molecule has 9 heteroatoms. The molecule has 2 aliphatic rings. The zero-order chi connectivity index (χ0) is 24.8. The first-order valence-corrected chi connectivity index (χ1v) is 12.7. The maximum Gasteiger partial charge on any atom is 0.292 e. The Kier molecular flexibility index (Phi) is 8.34. The Morgan fingerprint density at radius 1 is 1.17 bits per heavy atom. The number of benzene rings is 1. The Morgan fingerprint density at radius 2 is 1.97 bits per heavy atom.